The van der Waals surface area contributed by atoms with Crippen LogP contribution in [0.5, 0.6) is 0 Å². The fourth-order valence-corrected chi connectivity index (χ4v) is 4.77. The van der Waals surface area contributed by atoms with Crippen molar-refractivity contribution in [1.29, 1.82) is 0 Å². The molecule has 1 aromatic heterocycles. The van der Waals surface area contributed by atoms with Crippen LogP contribution in [0.2, 0.25) is 0 Å². The van der Waals surface area contributed by atoms with Crippen LogP contribution in [0.3, 0.4) is 0 Å². The number of benzene rings is 2. The number of fused-ring (bicyclic) bond motifs is 1. The molecule has 0 N–H and O–H groups in total. The van der Waals surface area contributed by atoms with E-state index in [0.717, 1.165) is 15.8 Å². The number of thiazole rings is 1. The molecule has 0 radical (unpaired) electrons. The number of nitrogens with zero attached hydrogens (tertiary/aromatic N) is 2. The van der Waals surface area contributed by atoms with E-state index in [9.17, 15) is 13.2 Å². The van der Waals surface area contributed by atoms with Gasteiger partial charge in [-0.15, -0.1) is 0 Å². The minimum atomic E-state index is -3.49. The highest BCUT2D eigenvalue weighted by molar-refractivity contribution is 7.91. The molecule has 7 heteroatoms. The molecule has 0 spiro atoms. The van der Waals surface area contributed by atoms with E-state index in [-0.39, 0.29) is 16.2 Å². The highest BCUT2D eigenvalue weighted by Gasteiger charge is 2.20. The Kier molecular flexibility index (Phi) is 4.62. The smallest absolute Gasteiger partial charge is 0.280 e. The highest BCUT2D eigenvalue weighted by atomic mass is 32.2. The van der Waals surface area contributed by atoms with Gasteiger partial charge in [-0.3, -0.25) is 4.79 Å². The lowest BCUT2D eigenvalue weighted by atomic mass is 10.2. The summed E-state index contributed by atoms with van der Waals surface area (Å²) in [6.45, 7) is 3.56. The normalized spacial score (nSPS) is 12.7. The number of aryl methyl sites for hydroxylation is 2. The molecule has 0 bridgehead atoms. The van der Waals surface area contributed by atoms with E-state index in [0.29, 0.717) is 4.80 Å². The first-order valence-electron chi connectivity index (χ1n) is 7.80. The largest absolute Gasteiger partial charge is 0.319 e. The molecule has 0 aliphatic heterocycles. The molecule has 1 heterocycles. The molecule has 0 aliphatic carbocycles. The summed E-state index contributed by atoms with van der Waals surface area (Å²) in [5, 5.41) is 0. The van der Waals surface area contributed by atoms with Crippen LogP contribution in [0, 0.1) is 6.92 Å². The van der Waals surface area contributed by atoms with Crippen LogP contribution in [0.15, 0.2) is 52.4 Å². The van der Waals surface area contributed by atoms with Crippen molar-refractivity contribution in [2.24, 2.45) is 12.0 Å². The topological polar surface area (TPSA) is 68.5 Å². The van der Waals surface area contributed by atoms with Crippen molar-refractivity contribution in [3.63, 3.8) is 0 Å². The van der Waals surface area contributed by atoms with Crippen molar-refractivity contribution in [3.8, 4) is 0 Å². The Morgan fingerprint density at radius 3 is 2.64 bits per heavy atom. The predicted molar refractivity (Wildman–Crippen MR) is 99.6 cm³/mol. The van der Waals surface area contributed by atoms with Gasteiger partial charge in [0.2, 0.25) is 0 Å². The second kappa shape index (κ2) is 6.57. The Bertz CT molecular complexity index is 1140. The van der Waals surface area contributed by atoms with Gasteiger partial charge in [-0.05, 0) is 36.8 Å². The Balaban J connectivity index is 2.16. The van der Waals surface area contributed by atoms with E-state index >= 15 is 0 Å². The molecule has 0 saturated carbocycles. The Labute approximate surface area is 150 Å². The first-order valence-corrected chi connectivity index (χ1v) is 10.3. The standard InChI is InChI=1S/C18H18N2O3S2/c1-4-25(22,23)16-8-6-5-7-13(16)17(21)19-18-20(3)14-10-9-12(2)11-15(14)24-18/h5-11H,4H2,1-3H3. The third-order valence-corrected chi connectivity index (χ3v) is 6.88. The van der Waals surface area contributed by atoms with Crippen molar-refractivity contribution in [2.45, 2.75) is 18.7 Å². The monoisotopic (exact) mass is 374 g/mol. The molecule has 1 amide bonds. The zero-order valence-electron chi connectivity index (χ0n) is 14.2. The first kappa shape index (κ1) is 17.6. The summed E-state index contributed by atoms with van der Waals surface area (Å²) in [7, 11) is -1.65. The fraction of sp³-hybridized carbons (Fsp3) is 0.222. The van der Waals surface area contributed by atoms with Crippen molar-refractivity contribution in [2.75, 3.05) is 5.75 Å². The molecule has 25 heavy (non-hydrogen) atoms. The molecule has 5 nitrogen and oxygen atoms in total. The van der Waals surface area contributed by atoms with Crippen molar-refractivity contribution in [1.82, 2.24) is 4.57 Å². The molecular formula is C18H18N2O3S2. The van der Waals surface area contributed by atoms with Gasteiger partial charge in [0.1, 0.15) is 0 Å². The number of hydrogen-bond acceptors (Lipinski definition) is 4. The Morgan fingerprint density at radius 1 is 1.20 bits per heavy atom. The molecule has 0 unspecified atom stereocenters. The maximum atomic E-state index is 12.7. The fourth-order valence-electron chi connectivity index (χ4n) is 2.56. The number of carbonyl (C=O) groups is 1. The molecule has 2 aromatic carbocycles. The van der Waals surface area contributed by atoms with Gasteiger partial charge in [0.25, 0.3) is 5.91 Å². The van der Waals surface area contributed by atoms with Gasteiger partial charge >= 0.3 is 0 Å². The number of sulfone groups is 1. The third-order valence-electron chi connectivity index (χ3n) is 3.99. The van der Waals surface area contributed by atoms with E-state index in [1.807, 2.05) is 36.7 Å². The minimum Gasteiger partial charge on any atom is -0.319 e. The van der Waals surface area contributed by atoms with Crippen molar-refractivity contribution in [3.05, 3.63) is 58.4 Å². The summed E-state index contributed by atoms with van der Waals surface area (Å²) in [5.41, 5.74) is 2.22. The van der Waals surface area contributed by atoms with Gasteiger partial charge < -0.3 is 4.57 Å². The number of hydrogen-bond donors (Lipinski definition) is 0. The van der Waals surface area contributed by atoms with Crippen molar-refractivity contribution >= 4 is 37.3 Å². The van der Waals surface area contributed by atoms with Crippen LogP contribution < -0.4 is 4.80 Å². The van der Waals surface area contributed by atoms with E-state index in [1.165, 1.54) is 23.5 Å². The summed E-state index contributed by atoms with van der Waals surface area (Å²) >= 11 is 1.41. The van der Waals surface area contributed by atoms with E-state index in [2.05, 4.69) is 4.99 Å². The quantitative estimate of drug-likeness (QED) is 0.707. The molecule has 0 aliphatic rings. The average Bonchev–Trinajstić information content (AvgIpc) is 2.89. The molecule has 0 fully saturated rings. The summed E-state index contributed by atoms with van der Waals surface area (Å²) < 4.78 is 27.3. The van der Waals surface area contributed by atoms with Gasteiger partial charge in [-0.25, -0.2) is 8.42 Å². The average molecular weight is 374 g/mol. The summed E-state index contributed by atoms with van der Waals surface area (Å²) in [6, 6.07) is 12.2. The second-order valence-electron chi connectivity index (χ2n) is 5.73. The molecule has 0 atom stereocenters. The van der Waals surface area contributed by atoms with Crippen molar-refractivity contribution < 1.29 is 13.2 Å². The highest BCUT2D eigenvalue weighted by Crippen LogP contribution is 2.20. The number of rotatable bonds is 3. The maximum absolute atomic E-state index is 12.7. The lowest BCUT2D eigenvalue weighted by Crippen LogP contribution is -2.15. The lowest BCUT2D eigenvalue weighted by Gasteiger charge is -2.05. The summed E-state index contributed by atoms with van der Waals surface area (Å²) in [6.07, 6.45) is 0. The molecule has 3 rings (SSSR count). The van der Waals surface area contributed by atoms with Gasteiger partial charge in [-0.1, -0.05) is 36.5 Å². The van der Waals surface area contributed by atoms with Crippen LogP contribution in [-0.4, -0.2) is 24.6 Å². The maximum Gasteiger partial charge on any atom is 0.280 e. The zero-order valence-corrected chi connectivity index (χ0v) is 15.8. The zero-order chi connectivity index (χ0) is 18.2. The van der Waals surface area contributed by atoms with Crippen LogP contribution in [-0.2, 0) is 16.9 Å². The number of carbonyl (C=O) groups excluding carboxylic acids is 1. The predicted octanol–water partition coefficient (Wildman–Crippen LogP) is 3.08. The number of aromatic nitrogens is 1. The van der Waals surface area contributed by atoms with E-state index in [1.54, 1.807) is 19.1 Å². The Hall–Kier alpha value is -2.25. The van der Waals surface area contributed by atoms with Gasteiger partial charge in [0.05, 0.1) is 26.4 Å². The van der Waals surface area contributed by atoms with Crippen LogP contribution in [0.1, 0.15) is 22.8 Å². The SMILES string of the molecule is CCS(=O)(=O)c1ccccc1C(=O)N=c1sc2cc(C)ccc2n1C. The second-order valence-corrected chi connectivity index (χ2v) is 8.99. The minimum absolute atomic E-state index is 0.0332. The van der Waals surface area contributed by atoms with Crippen LogP contribution in [0.4, 0.5) is 0 Å². The van der Waals surface area contributed by atoms with E-state index < -0.39 is 15.7 Å². The Morgan fingerprint density at radius 2 is 1.92 bits per heavy atom. The van der Waals surface area contributed by atoms with Gasteiger partial charge in [-0.2, -0.15) is 4.99 Å². The molecule has 0 saturated heterocycles. The third kappa shape index (κ3) is 3.29. The van der Waals surface area contributed by atoms with E-state index in [4.69, 9.17) is 0 Å². The molecule has 3 aromatic rings. The summed E-state index contributed by atoms with van der Waals surface area (Å²) in [4.78, 5) is 17.4. The number of amides is 1. The van der Waals surface area contributed by atoms with Gasteiger partial charge in [0, 0.05) is 7.05 Å². The van der Waals surface area contributed by atoms with Crippen LogP contribution >= 0.6 is 11.3 Å². The van der Waals surface area contributed by atoms with Gasteiger partial charge in [0.15, 0.2) is 14.6 Å². The molecular weight excluding hydrogens is 356 g/mol. The van der Waals surface area contributed by atoms with Crippen LogP contribution in [0.25, 0.3) is 10.2 Å². The first-order chi connectivity index (χ1) is 11.8. The molecule has 130 valence electrons. The summed E-state index contributed by atoms with van der Waals surface area (Å²) in [5.74, 6) is -0.612. The lowest BCUT2D eigenvalue weighted by molar-refractivity contribution is 0.0995.